The Hall–Kier alpha value is -0.280. The lowest BCUT2D eigenvalue weighted by Gasteiger charge is -2.26. The molecule has 0 spiro atoms. The van der Waals surface area contributed by atoms with Crippen molar-refractivity contribution >= 4 is 18.2 Å². The Morgan fingerprint density at radius 3 is 2.80 bits per heavy atom. The maximum absolute atomic E-state index is 12.1. The van der Waals surface area contributed by atoms with Gasteiger partial charge in [-0.3, -0.25) is 4.52 Å². The summed E-state index contributed by atoms with van der Waals surface area (Å²) >= 11 is 1.18. The summed E-state index contributed by atoms with van der Waals surface area (Å²) in [6.07, 6.45) is 0.820. The SMILES string of the molecule is C[C@H]1CCO[P@](=O)(Sc2ccccc2)O1. The molecule has 1 aliphatic heterocycles. The second-order valence-corrected chi connectivity index (χ2v) is 7.30. The lowest BCUT2D eigenvalue weighted by atomic mass is 10.3. The second kappa shape index (κ2) is 4.71. The van der Waals surface area contributed by atoms with Gasteiger partial charge in [0.2, 0.25) is 0 Å². The van der Waals surface area contributed by atoms with Crippen molar-refractivity contribution in [3.63, 3.8) is 0 Å². The van der Waals surface area contributed by atoms with E-state index in [0.29, 0.717) is 6.61 Å². The van der Waals surface area contributed by atoms with E-state index in [1.54, 1.807) is 0 Å². The Bertz CT molecular complexity index is 368. The fraction of sp³-hybridized carbons (Fsp3) is 0.400. The van der Waals surface area contributed by atoms with E-state index in [0.717, 1.165) is 11.3 Å². The van der Waals surface area contributed by atoms with Crippen molar-refractivity contribution in [1.29, 1.82) is 0 Å². The van der Waals surface area contributed by atoms with Gasteiger partial charge in [-0.2, -0.15) is 0 Å². The van der Waals surface area contributed by atoms with Crippen molar-refractivity contribution in [1.82, 2.24) is 0 Å². The van der Waals surface area contributed by atoms with Crippen molar-refractivity contribution in [2.45, 2.75) is 24.3 Å². The van der Waals surface area contributed by atoms with Crippen LogP contribution in [0.5, 0.6) is 0 Å². The van der Waals surface area contributed by atoms with Crippen LogP contribution in [0.3, 0.4) is 0 Å². The predicted octanol–water partition coefficient (Wildman–Crippen LogP) is 3.71. The molecule has 1 heterocycles. The van der Waals surface area contributed by atoms with Gasteiger partial charge in [-0.1, -0.05) is 18.2 Å². The van der Waals surface area contributed by atoms with Crippen LogP contribution in [0.2, 0.25) is 0 Å². The molecule has 2 atom stereocenters. The van der Waals surface area contributed by atoms with E-state index in [4.69, 9.17) is 9.05 Å². The van der Waals surface area contributed by atoms with E-state index in [1.165, 1.54) is 11.4 Å². The zero-order valence-corrected chi connectivity index (χ0v) is 10.2. The summed E-state index contributed by atoms with van der Waals surface area (Å²) in [5, 5.41) is 0. The first-order chi connectivity index (χ1) is 7.18. The highest BCUT2D eigenvalue weighted by Gasteiger charge is 2.32. The van der Waals surface area contributed by atoms with Crippen molar-refractivity contribution in [2.75, 3.05) is 6.61 Å². The molecule has 1 aromatic rings. The lowest BCUT2D eigenvalue weighted by Crippen LogP contribution is -2.15. The van der Waals surface area contributed by atoms with E-state index in [1.807, 2.05) is 37.3 Å². The van der Waals surface area contributed by atoms with Crippen molar-refractivity contribution in [3.8, 4) is 0 Å². The predicted molar refractivity (Wildman–Crippen MR) is 61.0 cm³/mol. The van der Waals surface area contributed by atoms with Crippen molar-refractivity contribution in [2.24, 2.45) is 0 Å². The molecule has 0 radical (unpaired) electrons. The van der Waals surface area contributed by atoms with Gasteiger partial charge in [0.1, 0.15) is 0 Å². The summed E-state index contributed by atoms with van der Waals surface area (Å²) in [5.41, 5.74) is 0. The highest BCUT2D eigenvalue weighted by molar-refractivity contribution is 8.55. The van der Waals surface area contributed by atoms with Gasteiger partial charge < -0.3 is 4.52 Å². The quantitative estimate of drug-likeness (QED) is 0.743. The third kappa shape index (κ3) is 3.08. The van der Waals surface area contributed by atoms with Crippen LogP contribution in [0.4, 0.5) is 0 Å². The second-order valence-electron chi connectivity index (χ2n) is 3.39. The van der Waals surface area contributed by atoms with Crippen LogP contribution >= 0.6 is 18.2 Å². The first-order valence-corrected chi connectivity index (χ1v) is 7.82. The zero-order valence-electron chi connectivity index (χ0n) is 8.46. The summed E-state index contributed by atoms with van der Waals surface area (Å²) < 4.78 is 22.7. The summed E-state index contributed by atoms with van der Waals surface area (Å²) in [4.78, 5) is 0.912. The normalized spacial score (nSPS) is 31.4. The summed E-state index contributed by atoms with van der Waals surface area (Å²) in [6.45, 7) is -0.545. The third-order valence-corrected chi connectivity index (χ3v) is 5.74. The minimum atomic E-state index is -2.97. The molecule has 1 saturated heterocycles. The minimum Gasteiger partial charge on any atom is -0.300 e. The standard InChI is InChI=1S/C10H13O3PS/c1-9-7-8-12-14(11,13-9)15-10-5-3-2-4-6-10/h2-6,9H,7-8H2,1H3/t9-,14-/m0/s1. The van der Waals surface area contributed by atoms with Gasteiger partial charge in [0.25, 0.3) is 0 Å². The first kappa shape index (κ1) is 11.2. The topological polar surface area (TPSA) is 35.5 Å². The van der Waals surface area contributed by atoms with Gasteiger partial charge in [-0.25, -0.2) is 4.57 Å². The van der Waals surface area contributed by atoms with Crippen LogP contribution in [0.25, 0.3) is 0 Å². The Kier molecular flexibility index (Phi) is 3.52. The molecule has 0 saturated carbocycles. The van der Waals surface area contributed by atoms with Gasteiger partial charge in [-0.15, -0.1) is 0 Å². The van der Waals surface area contributed by atoms with Crippen LogP contribution in [-0.4, -0.2) is 12.7 Å². The average Bonchev–Trinajstić information content (AvgIpc) is 2.18. The number of benzene rings is 1. The summed E-state index contributed by atoms with van der Waals surface area (Å²) in [6, 6.07) is 9.53. The molecule has 0 bridgehead atoms. The van der Waals surface area contributed by atoms with Crippen LogP contribution in [0.1, 0.15) is 13.3 Å². The van der Waals surface area contributed by atoms with Gasteiger partial charge in [0, 0.05) is 4.90 Å². The maximum Gasteiger partial charge on any atom is 0.394 e. The molecule has 82 valence electrons. The largest absolute Gasteiger partial charge is 0.394 e. The highest BCUT2D eigenvalue weighted by Crippen LogP contribution is 2.65. The van der Waals surface area contributed by atoms with Crippen LogP contribution < -0.4 is 0 Å². The zero-order chi connectivity index (χ0) is 10.7. The van der Waals surface area contributed by atoms with E-state index < -0.39 is 6.80 Å². The van der Waals surface area contributed by atoms with Crippen LogP contribution in [-0.2, 0) is 13.6 Å². The molecule has 1 aromatic carbocycles. The molecule has 2 rings (SSSR count). The van der Waals surface area contributed by atoms with E-state index in [-0.39, 0.29) is 6.10 Å². The Morgan fingerprint density at radius 2 is 2.13 bits per heavy atom. The number of hydrogen-bond donors (Lipinski definition) is 0. The molecule has 1 fully saturated rings. The third-order valence-electron chi connectivity index (χ3n) is 2.04. The molecular formula is C10H13O3PS. The first-order valence-electron chi connectivity index (χ1n) is 4.86. The van der Waals surface area contributed by atoms with Gasteiger partial charge in [-0.05, 0) is 36.9 Å². The molecule has 0 unspecified atom stereocenters. The average molecular weight is 244 g/mol. The smallest absolute Gasteiger partial charge is 0.300 e. The monoisotopic (exact) mass is 244 g/mol. The number of rotatable bonds is 2. The summed E-state index contributed by atoms with van der Waals surface area (Å²) in [7, 11) is 0. The van der Waals surface area contributed by atoms with E-state index in [9.17, 15) is 4.57 Å². The number of hydrogen-bond acceptors (Lipinski definition) is 4. The van der Waals surface area contributed by atoms with Gasteiger partial charge in [0.05, 0.1) is 12.7 Å². The van der Waals surface area contributed by atoms with Crippen LogP contribution in [0.15, 0.2) is 35.2 Å². The lowest BCUT2D eigenvalue weighted by molar-refractivity contribution is 0.104. The molecule has 0 aliphatic carbocycles. The molecule has 15 heavy (non-hydrogen) atoms. The van der Waals surface area contributed by atoms with E-state index in [2.05, 4.69) is 0 Å². The van der Waals surface area contributed by atoms with Crippen molar-refractivity contribution in [3.05, 3.63) is 30.3 Å². The van der Waals surface area contributed by atoms with E-state index >= 15 is 0 Å². The molecule has 5 heteroatoms. The van der Waals surface area contributed by atoms with Crippen molar-refractivity contribution < 1.29 is 13.6 Å². The molecule has 3 nitrogen and oxygen atoms in total. The Labute approximate surface area is 93.4 Å². The molecule has 0 N–H and O–H groups in total. The molecule has 0 aromatic heterocycles. The summed E-state index contributed by atoms with van der Waals surface area (Å²) in [5.74, 6) is 0. The Morgan fingerprint density at radius 1 is 1.40 bits per heavy atom. The fourth-order valence-corrected chi connectivity index (χ4v) is 4.95. The molecule has 1 aliphatic rings. The maximum atomic E-state index is 12.1. The molecule has 0 amide bonds. The van der Waals surface area contributed by atoms with Gasteiger partial charge in [0.15, 0.2) is 0 Å². The highest BCUT2D eigenvalue weighted by atomic mass is 32.7. The van der Waals surface area contributed by atoms with Crippen LogP contribution in [0, 0.1) is 0 Å². The molecular weight excluding hydrogens is 231 g/mol. The van der Waals surface area contributed by atoms with Gasteiger partial charge >= 0.3 is 6.80 Å². The fourth-order valence-electron chi connectivity index (χ4n) is 1.29. The Balaban J connectivity index is 2.07. The minimum absolute atomic E-state index is 0.0146.